The molecular formula is C15H14BrN3O. The molecule has 2 aromatic heterocycles. The van der Waals surface area contributed by atoms with Gasteiger partial charge in [-0.05, 0) is 40.5 Å². The molecule has 0 radical (unpaired) electrons. The third-order valence-corrected chi connectivity index (χ3v) is 3.64. The van der Waals surface area contributed by atoms with Crippen LogP contribution in [-0.4, -0.2) is 21.0 Å². The first-order chi connectivity index (χ1) is 9.75. The van der Waals surface area contributed by atoms with Crippen molar-refractivity contribution >= 4 is 21.6 Å². The predicted molar refractivity (Wildman–Crippen MR) is 81.1 cm³/mol. The molecule has 0 aliphatic heterocycles. The van der Waals surface area contributed by atoms with Gasteiger partial charge in [-0.3, -0.25) is 4.40 Å². The zero-order valence-corrected chi connectivity index (χ0v) is 12.7. The van der Waals surface area contributed by atoms with Crippen LogP contribution in [0.1, 0.15) is 11.4 Å². The minimum absolute atomic E-state index is 0.589. The van der Waals surface area contributed by atoms with Crippen LogP contribution in [0.5, 0.6) is 5.75 Å². The highest BCUT2D eigenvalue weighted by Gasteiger charge is 2.09. The molecule has 4 nitrogen and oxygen atoms in total. The Balaban J connectivity index is 1.73. The van der Waals surface area contributed by atoms with Crippen molar-refractivity contribution < 1.29 is 4.74 Å². The number of ether oxygens (including phenoxy) is 1. The normalized spacial score (nSPS) is 10.9. The molecule has 0 spiro atoms. The topological polar surface area (TPSA) is 39.4 Å². The second-order valence-corrected chi connectivity index (χ2v) is 5.25. The lowest BCUT2D eigenvalue weighted by Gasteiger charge is -2.08. The molecule has 0 bridgehead atoms. The van der Waals surface area contributed by atoms with Gasteiger partial charge >= 0.3 is 0 Å². The maximum absolute atomic E-state index is 5.81. The van der Waals surface area contributed by atoms with E-state index in [2.05, 4.69) is 25.9 Å². The van der Waals surface area contributed by atoms with E-state index in [1.807, 2.05) is 47.9 Å². The van der Waals surface area contributed by atoms with E-state index in [-0.39, 0.29) is 0 Å². The highest BCUT2D eigenvalue weighted by molar-refractivity contribution is 9.10. The van der Waals surface area contributed by atoms with Crippen LogP contribution in [0, 0.1) is 6.92 Å². The van der Waals surface area contributed by atoms with Crippen LogP contribution in [0.25, 0.3) is 5.65 Å². The van der Waals surface area contributed by atoms with Crippen molar-refractivity contribution in [3.05, 3.63) is 58.7 Å². The van der Waals surface area contributed by atoms with Crippen molar-refractivity contribution in [1.82, 2.24) is 14.4 Å². The van der Waals surface area contributed by atoms with Crippen LogP contribution in [0.2, 0.25) is 0 Å². The summed E-state index contributed by atoms with van der Waals surface area (Å²) in [6, 6.07) is 9.91. The second kappa shape index (κ2) is 5.63. The van der Waals surface area contributed by atoms with Crippen molar-refractivity contribution in [3.8, 4) is 5.75 Å². The largest absolute Gasteiger partial charge is 0.493 e. The van der Waals surface area contributed by atoms with Crippen LogP contribution in [0.15, 0.2) is 47.3 Å². The SMILES string of the molecule is Cc1ccccc1OCCc1nc(Br)c2ncccn12. The third kappa shape index (κ3) is 2.54. The number of fused-ring (bicyclic) bond motifs is 1. The predicted octanol–water partition coefficient (Wildman–Crippen LogP) is 3.42. The molecule has 0 saturated heterocycles. The number of benzene rings is 1. The molecule has 102 valence electrons. The van der Waals surface area contributed by atoms with Crippen molar-refractivity contribution in [2.75, 3.05) is 6.61 Å². The molecule has 0 atom stereocenters. The van der Waals surface area contributed by atoms with Gasteiger partial charge in [-0.15, -0.1) is 0 Å². The summed E-state index contributed by atoms with van der Waals surface area (Å²) >= 11 is 3.43. The highest BCUT2D eigenvalue weighted by Crippen LogP contribution is 2.18. The highest BCUT2D eigenvalue weighted by atomic mass is 79.9. The van der Waals surface area contributed by atoms with Crippen LogP contribution in [0.4, 0.5) is 0 Å². The van der Waals surface area contributed by atoms with Crippen LogP contribution in [-0.2, 0) is 6.42 Å². The summed E-state index contributed by atoms with van der Waals surface area (Å²) in [4.78, 5) is 8.78. The van der Waals surface area contributed by atoms with E-state index in [0.29, 0.717) is 6.61 Å². The average molecular weight is 332 g/mol. The number of aryl methyl sites for hydroxylation is 1. The molecule has 0 aliphatic carbocycles. The quantitative estimate of drug-likeness (QED) is 0.735. The Morgan fingerprint density at radius 1 is 1.25 bits per heavy atom. The Morgan fingerprint density at radius 3 is 2.95 bits per heavy atom. The number of hydrogen-bond donors (Lipinski definition) is 0. The number of hydrogen-bond acceptors (Lipinski definition) is 3. The molecule has 0 saturated carbocycles. The van der Waals surface area contributed by atoms with Crippen molar-refractivity contribution in [2.24, 2.45) is 0 Å². The number of aromatic nitrogens is 3. The summed E-state index contributed by atoms with van der Waals surface area (Å²) in [7, 11) is 0. The lowest BCUT2D eigenvalue weighted by atomic mass is 10.2. The molecular weight excluding hydrogens is 318 g/mol. The van der Waals surface area contributed by atoms with Gasteiger partial charge in [0.2, 0.25) is 0 Å². The third-order valence-electron chi connectivity index (χ3n) is 3.11. The number of para-hydroxylation sites is 1. The van der Waals surface area contributed by atoms with E-state index in [0.717, 1.165) is 33.8 Å². The van der Waals surface area contributed by atoms with Gasteiger partial charge < -0.3 is 4.74 Å². The van der Waals surface area contributed by atoms with E-state index in [1.165, 1.54) is 0 Å². The van der Waals surface area contributed by atoms with E-state index in [1.54, 1.807) is 6.20 Å². The zero-order valence-electron chi connectivity index (χ0n) is 11.1. The molecule has 0 aliphatic rings. The van der Waals surface area contributed by atoms with E-state index in [9.17, 15) is 0 Å². The summed E-state index contributed by atoms with van der Waals surface area (Å²) in [5, 5.41) is 0. The van der Waals surface area contributed by atoms with Crippen LogP contribution >= 0.6 is 15.9 Å². The molecule has 20 heavy (non-hydrogen) atoms. The minimum Gasteiger partial charge on any atom is -0.493 e. The van der Waals surface area contributed by atoms with Gasteiger partial charge in [-0.25, -0.2) is 9.97 Å². The average Bonchev–Trinajstić information content (AvgIpc) is 2.78. The number of imidazole rings is 1. The summed E-state index contributed by atoms with van der Waals surface area (Å²) in [5.41, 5.74) is 1.97. The molecule has 3 aromatic rings. The Bertz CT molecular complexity index is 739. The molecule has 0 fully saturated rings. The molecule has 0 unspecified atom stereocenters. The number of rotatable bonds is 4. The fourth-order valence-electron chi connectivity index (χ4n) is 2.10. The molecule has 2 heterocycles. The minimum atomic E-state index is 0.589. The summed E-state index contributed by atoms with van der Waals surface area (Å²) in [6.45, 7) is 2.63. The number of halogens is 1. The monoisotopic (exact) mass is 331 g/mol. The van der Waals surface area contributed by atoms with Gasteiger partial charge in [0.1, 0.15) is 11.6 Å². The number of nitrogens with zero attached hydrogens (tertiary/aromatic N) is 3. The van der Waals surface area contributed by atoms with Gasteiger partial charge in [0.05, 0.1) is 6.61 Å². The van der Waals surface area contributed by atoms with Crippen molar-refractivity contribution in [3.63, 3.8) is 0 Å². The van der Waals surface area contributed by atoms with E-state index in [4.69, 9.17) is 4.74 Å². The van der Waals surface area contributed by atoms with Crippen LogP contribution < -0.4 is 4.74 Å². The maximum atomic E-state index is 5.81. The fraction of sp³-hybridized carbons (Fsp3) is 0.200. The van der Waals surface area contributed by atoms with Gasteiger partial charge in [-0.2, -0.15) is 0 Å². The van der Waals surface area contributed by atoms with Gasteiger partial charge in [0.25, 0.3) is 0 Å². The standard InChI is InChI=1S/C15H14BrN3O/c1-11-5-2-3-6-12(11)20-10-7-13-18-14(16)15-17-8-4-9-19(13)15/h2-6,8-9H,7,10H2,1H3. The molecule has 3 rings (SSSR count). The zero-order chi connectivity index (χ0) is 13.9. The smallest absolute Gasteiger partial charge is 0.171 e. The first-order valence-corrected chi connectivity index (χ1v) is 7.21. The lowest BCUT2D eigenvalue weighted by Crippen LogP contribution is -2.05. The van der Waals surface area contributed by atoms with Gasteiger partial charge in [0, 0.05) is 18.8 Å². The first-order valence-electron chi connectivity index (χ1n) is 6.41. The van der Waals surface area contributed by atoms with Gasteiger partial charge in [0.15, 0.2) is 10.3 Å². The molecule has 0 amide bonds. The molecule has 1 aromatic carbocycles. The molecule has 0 N–H and O–H groups in total. The summed E-state index contributed by atoms with van der Waals surface area (Å²) in [6.07, 6.45) is 4.45. The Hall–Kier alpha value is -1.88. The second-order valence-electron chi connectivity index (χ2n) is 4.50. The Morgan fingerprint density at radius 2 is 2.10 bits per heavy atom. The summed E-state index contributed by atoms with van der Waals surface area (Å²) < 4.78 is 8.55. The van der Waals surface area contributed by atoms with E-state index >= 15 is 0 Å². The van der Waals surface area contributed by atoms with Gasteiger partial charge in [-0.1, -0.05) is 18.2 Å². The molecule has 5 heteroatoms. The van der Waals surface area contributed by atoms with Crippen molar-refractivity contribution in [1.29, 1.82) is 0 Å². The van der Waals surface area contributed by atoms with Crippen LogP contribution in [0.3, 0.4) is 0 Å². The Labute approximate surface area is 125 Å². The first kappa shape index (κ1) is 13.1. The summed E-state index contributed by atoms with van der Waals surface area (Å²) in [5.74, 6) is 1.86. The maximum Gasteiger partial charge on any atom is 0.171 e. The Kier molecular flexibility index (Phi) is 3.69. The van der Waals surface area contributed by atoms with E-state index < -0.39 is 0 Å². The fourth-order valence-corrected chi connectivity index (χ4v) is 2.59. The lowest BCUT2D eigenvalue weighted by molar-refractivity contribution is 0.316. The van der Waals surface area contributed by atoms with Crippen molar-refractivity contribution in [2.45, 2.75) is 13.3 Å².